The van der Waals surface area contributed by atoms with Gasteiger partial charge in [0.15, 0.2) is 0 Å². The molecule has 154 valence electrons. The van der Waals surface area contributed by atoms with Crippen LogP contribution in [0.5, 0.6) is 0 Å². The number of hydrogen-bond donors (Lipinski definition) is 1. The summed E-state index contributed by atoms with van der Waals surface area (Å²) in [5.41, 5.74) is 1.27. The third kappa shape index (κ3) is 5.60. The number of piperidine rings is 1. The molecule has 5 heteroatoms. The molecule has 2 amide bonds. The first-order valence-electron chi connectivity index (χ1n) is 10.2. The van der Waals surface area contributed by atoms with Crippen LogP contribution in [0.2, 0.25) is 5.02 Å². The first kappa shape index (κ1) is 21.4. The number of rotatable bonds is 5. The first-order chi connectivity index (χ1) is 13.7. The minimum Gasteiger partial charge on any atom is -0.347 e. The van der Waals surface area contributed by atoms with Crippen molar-refractivity contribution in [1.29, 1.82) is 0 Å². The second-order valence-corrected chi connectivity index (χ2v) is 9.08. The molecule has 0 aromatic heterocycles. The summed E-state index contributed by atoms with van der Waals surface area (Å²) in [7, 11) is 0. The molecule has 2 unspecified atom stereocenters. The van der Waals surface area contributed by atoms with Gasteiger partial charge in [-0.2, -0.15) is 0 Å². The lowest BCUT2D eigenvalue weighted by Gasteiger charge is -2.38. The van der Waals surface area contributed by atoms with Gasteiger partial charge in [0.2, 0.25) is 5.91 Å². The third-order valence-corrected chi connectivity index (χ3v) is 5.89. The molecule has 0 radical (unpaired) electrons. The van der Waals surface area contributed by atoms with E-state index in [2.05, 4.69) is 24.4 Å². The zero-order valence-electron chi connectivity index (χ0n) is 17.3. The summed E-state index contributed by atoms with van der Waals surface area (Å²) in [5, 5.41) is 3.74. The van der Waals surface area contributed by atoms with Crippen molar-refractivity contribution in [3.63, 3.8) is 0 Å². The summed E-state index contributed by atoms with van der Waals surface area (Å²) in [6.45, 7) is 7.46. The number of carbonyl (C=O) groups is 2. The molecule has 1 fully saturated rings. The van der Waals surface area contributed by atoms with E-state index in [9.17, 15) is 9.59 Å². The molecule has 1 aliphatic heterocycles. The second kappa shape index (κ2) is 9.00. The van der Waals surface area contributed by atoms with Crippen molar-refractivity contribution in [2.24, 2.45) is 5.92 Å². The Hall–Kier alpha value is -2.33. The number of nitrogens with one attached hydrogen (secondary N) is 1. The Morgan fingerprint density at radius 2 is 1.76 bits per heavy atom. The Labute approximate surface area is 178 Å². The molecule has 1 N–H and O–H groups in total. The van der Waals surface area contributed by atoms with E-state index in [0.29, 0.717) is 17.4 Å². The van der Waals surface area contributed by atoms with Gasteiger partial charge in [-0.15, -0.1) is 0 Å². The molecule has 0 bridgehead atoms. The standard InChI is InChI=1S/C24H29ClN2O2/c1-17-16-27(14-13-21(17)18-9-11-20(25)12-10-18)22(28)15-24(2,3)26-23(29)19-7-5-4-6-8-19/h4-12,17,21H,13-16H2,1-3H3,(H,26,29). The second-order valence-electron chi connectivity index (χ2n) is 8.64. The van der Waals surface area contributed by atoms with Crippen LogP contribution in [0.1, 0.15) is 55.5 Å². The summed E-state index contributed by atoms with van der Waals surface area (Å²) in [4.78, 5) is 27.3. The quantitative estimate of drug-likeness (QED) is 0.759. The molecule has 1 aliphatic rings. The van der Waals surface area contributed by atoms with Crippen molar-refractivity contribution in [3.05, 3.63) is 70.7 Å². The largest absolute Gasteiger partial charge is 0.347 e. The Morgan fingerprint density at radius 3 is 2.38 bits per heavy atom. The average Bonchev–Trinajstić information content (AvgIpc) is 2.68. The van der Waals surface area contributed by atoms with Gasteiger partial charge in [-0.05, 0) is 61.9 Å². The lowest BCUT2D eigenvalue weighted by Crippen LogP contribution is -2.49. The van der Waals surface area contributed by atoms with E-state index >= 15 is 0 Å². The number of hydrogen-bond acceptors (Lipinski definition) is 2. The van der Waals surface area contributed by atoms with Crippen LogP contribution in [0.25, 0.3) is 0 Å². The number of carbonyl (C=O) groups excluding carboxylic acids is 2. The molecule has 1 saturated heterocycles. The Balaban J connectivity index is 1.56. The van der Waals surface area contributed by atoms with E-state index < -0.39 is 5.54 Å². The zero-order valence-corrected chi connectivity index (χ0v) is 18.1. The van der Waals surface area contributed by atoms with Crippen LogP contribution in [-0.2, 0) is 4.79 Å². The Morgan fingerprint density at radius 1 is 1.10 bits per heavy atom. The van der Waals surface area contributed by atoms with Crippen LogP contribution in [-0.4, -0.2) is 35.3 Å². The first-order valence-corrected chi connectivity index (χ1v) is 10.5. The van der Waals surface area contributed by atoms with Gasteiger partial charge in [0, 0.05) is 35.6 Å². The highest BCUT2D eigenvalue weighted by molar-refractivity contribution is 6.30. The SMILES string of the molecule is CC1CN(C(=O)CC(C)(C)NC(=O)c2ccccc2)CCC1c1ccc(Cl)cc1. The molecule has 0 aliphatic carbocycles. The van der Waals surface area contributed by atoms with E-state index in [-0.39, 0.29) is 18.2 Å². The van der Waals surface area contributed by atoms with Gasteiger partial charge in [0.05, 0.1) is 0 Å². The highest BCUT2D eigenvalue weighted by Gasteiger charge is 2.32. The van der Waals surface area contributed by atoms with E-state index in [1.54, 1.807) is 12.1 Å². The molecule has 3 rings (SSSR count). The Kier molecular flexibility index (Phi) is 6.63. The van der Waals surface area contributed by atoms with Gasteiger partial charge in [-0.3, -0.25) is 9.59 Å². The topological polar surface area (TPSA) is 49.4 Å². The van der Waals surface area contributed by atoms with E-state index in [4.69, 9.17) is 11.6 Å². The molecular weight excluding hydrogens is 384 g/mol. The van der Waals surface area contributed by atoms with Gasteiger partial charge < -0.3 is 10.2 Å². The smallest absolute Gasteiger partial charge is 0.251 e. The normalized spacial score (nSPS) is 19.7. The fourth-order valence-corrected chi connectivity index (χ4v) is 4.21. The minimum absolute atomic E-state index is 0.0877. The molecule has 2 aromatic rings. The van der Waals surface area contributed by atoms with Crippen molar-refractivity contribution in [3.8, 4) is 0 Å². The van der Waals surface area contributed by atoms with Gasteiger partial charge in [0.1, 0.15) is 0 Å². The van der Waals surface area contributed by atoms with Crippen LogP contribution >= 0.6 is 11.6 Å². The van der Waals surface area contributed by atoms with E-state index in [1.165, 1.54) is 5.56 Å². The third-order valence-electron chi connectivity index (χ3n) is 5.64. The average molecular weight is 413 g/mol. The van der Waals surface area contributed by atoms with Crippen LogP contribution in [0.15, 0.2) is 54.6 Å². The van der Waals surface area contributed by atoms with Crippen molar-refractivity contribution >= 4 is 23.4 Å². The van der Waals surface area contributed by atoms with Crippen LogP contribution in [0.4, 0.5) is 0 Å². The summed E-state index contributed by atoms with van der Waals surface area (Å²) < 4.78 is 0. The van der Waals surface area contributed by atoms with Gasteiger partial charge in [-0.1, -0.05) is 48.9 Å². The highest BCUT2D eigenvalue weighted by Crippen LogP contribution is 2.33. The van der Waals surface area contributed by atoms with Crippen molar-refractivity contribution in [2.75, 3.05) is 13.1 Å². The van der Waals surface area contributed by atoms with Crippen molar-refractivity contribution < 1.29 is 9.59 Å². The maximum Gasteiger partial charge on any atom is 0.251 e. The van der Waals surface area contributed by atoms with E-state index in [0.717, 1.165) is 24.5 Å². The monoisotopic (exact) mass is 412 g/mol. The summed E-state index contributed by atoms with van der Waals surface area (Å²) in [6.07, 6.45) is 1.22. The van der Waals surface area contributed by atoms with Crippen LogP contribution < -0.4 is 5.32 Å². The summed E-state index contributed by atoms with van der Waals surface area (Å²) in [6, 6.07) is 17.1. The number of benzene rings is 2. The van der Waals surface area contributed by atoms with Gasteiger partial charge in [0.25, 0.3) is 5.91 Å². The van der Waals surface area contributed by atoms with Crippen molar-refractivity contribution in [2.45, 2.75) is 45.1 Å². The molecule has 2 atom stereocenters. The van der Waals surface area contributed by atoms with E-state index in [1.807, 2.05) is 49.1 Å². The highest BCUT2D eigenvalue weighted by atomic mass is 35.5. The van der Waals surface area contributed by atoms with Crippen molar-refractivity contribution in [1.82, 2.24) is 10.2 Å². The van der Waals surface area contributed by atoms with Gasteiger partial charge >= 0.3 is 0 Å². The predicted octanol–water partition coefficient (Wildman–Crippen LogP) is 4.89. The number of amides is 2. The minimum atomic E-state index is -0.611. The predicted molar refractivity (Wildman–Crippen MR) is 117 cm³/mol. The summed E-state index contributed by atoms with van der Waals surface area (Å²) in [5.74, 6) is 0.737. The fourth-order valence-electron chi connectivity index (χ4n) is 4.08. The molecule has 4 nitrogen and oxygen atoms in total. The molecule has 2 aromatic carbocycles. The molecule has 0 saturated carbocycles. The lowest BCUT2D eigenvalue weighted by molar-refractivity contribution is -0.134. The molecular formula is C24H29ClN2O2. The summed E-state index contributed by atoms with van der Waals surface area (Å²) >= 11 is 6.01. The number of likely N-dealkylation sites (tertiary alicyclic amines) is 1. The number of halogens is 1. The van der Waals surface area contributed by atoms with Crippen LogP contribution in [0, 0.1) is 5.92 Å². The fraction of sp³-hybridized carbons (Fsp3) is 0.417. The molecule has 29 heavy (non-hydrogen) atoms. The molecule has 0 spiro atoms. The van der Waals surface area contributed by atoms with Crippen LogP contribution in [0.3, 0.4) is 0 Å². The maximum absolute atomic E-state index is 12.9. The van der Waals surface area contributed by atoms with Gasteiger partial charge in [-0.25, -0.2) is 0 Å². The lowest BCUT2D eigenvalue weighted by atomic mass is 9.81. The molecule has 1 heterocycles. The number of nitrogens with zero attached hydrogens (tertiary/aromatic N) is 1. The maximum atomic E-state index is 12.9. The Bertz CT molecular complexity index is 849. The zero-order chi connectivity index (χ0) is 21.0.